The molecule has 0 unspecified atom stereocenters. The molecular weight excluding hydrogens is 336 g/mol. The highest BCUT2D eigenvalue weighted by Gasteiger charge is 2.16. The number of nitrogens with one attached hydrogen (secondary N) is 2. The topological polar surface area (TPSA) is 79.9 Å². The maximum absolute atomic E-state index is 12.1. The molecule has 0 aliphatic rings. The van der Waals surface area contributed by atoms with E-state index in [2.05, 4.69) is 36.4 Å². The van der Waals surface area contributed by atoms with Crippen LogP contribution in [0.2, 0.25) is 0 Å². The molecule has 0 aliphatic heterocycles. The Hall–Kier alpha value is -1.89. The fourth-order valence-electron chi connectivity index (χ4n) is 1.71. The summed E-state index contributed by atoms with van der Waals surface area (Å²) in [6.07, 6.45) is 1.69. The Bertz CT molecular complexity index is 640. The van der Waals surface area contributed by atoms with Gasteiger partial charge in [0.05, 0.1) is 10.6 Å². The Labute approximate surface area is 131 Å². The zero-order valence-electron chi connectivity index (χ0n) is 12.1. The lowest BCUT2D eigenvalue weighted by atomic mass is 10.2. The number of nitrogens with zero attached hydrogens (tertiary/aromatic N) is 2. The first kappa shape index (κ1) is 15.5. The van der Waals surface area contributed by atoms with Gasteiger partial charge in [0.1, 0.15) is 0 Å². The van der Waals surface area contributed by atoms with Gasteiger partial charge in [-0.3, -0.25) is 9.89 Å². The van der Waals surface area contributed by atoms with Gasteiger partial charge in [-0.15, -0.1) is 0 Å². The number of pyridine rings is 1. The van der Waals surface area contributed by atoms with Crippen molar-refractivity contribution in [1.29, 1.82) is 0 Å². The monoisotopic (exact) mass is 352 g/mol. The summed E-state index contributed by atoms with van der Waals surface area (Å²) in [5, 5.41) is 9.54. The van der Waals surface area contributed by atoms with Crippen molar-refractivity contribution >= 4 is 21.8 Å². The van der Waals surface area contributed by atoms with Crippen LogP contribution in [-0.4, -0.2) is 27.2 Å². The Morgan fingerprint density at radius 3 is 2.90 bits per heavy atom. The van der Waals surface area contributed by atoms with Crippen LogP contribution < -0.4 is 10.1 Å². The van der Waals surface area contributed by atoms with Gasteiger partial charge < -0.3 is 10.1 Å². The van der Waals surface area contributed by atoms with Crippen molar-refractivity contribution in [2.24, 2.45) is 0 Å². The summed E-state index contributed by atoms with van der Waals surface area (Å²) in [5.74, 6) is 0.274. The van der Waals surface area contributed by atoms with Gasteiger partial charge in [-0.05, 0) is 42.8 Å². The van der Waals surface area contributed by atoms with E-state index in [1.54, 1.807) is 6.20 Å². The molecule has 2 rings (SSSR count). The quantitative estimate of drug-likeness (QED) is 0.866. The molecule has 2 aromatic heterocycles. The van der Waals surface area contributed by atoms with Crippen LogP contribution in [0.25, 0.3) is 0 Å². The van der Waals surface area contributed by atoms with E-state index in [0.29, 0.717) is 22.6 Å². The van der Waals surface area contributed by atoms with E-state index in [1.807, 2.05) is 32.9 Å². The fourth-order valence-corrected chi connectivity index (χ4v) is 2.07. The predicted octanol–water partition coefficient (Wildman–Crippen LogP) is 2.59. The summed E-state index contributed by atoms with van der Waals surface area (Å²) in [7, 11) is 0. The van der Waals surface area contributed by atoms with Gasteiger partial charge in [0.25, 0.3) is 5.91 Å². The minimum atomic E-state index is -0.259. The lowest BCUT2D eigenvalue weighted by molar-refractivity contribution is 0.0944. The second-order valence-corrected chi connectivity index (χ2v) is 5.62. The highest BCUT2D eigenvalue weighted by Crippen LogP contribution is 2.19. The van der Waals surface area contributed by atoms with Crippen LogP contribution in [0.1, 0.15) is 35.6 Å². The van der Waals surface area contributed by atoms with Crippen molar-refractivity contribution in [3.8, 4) is 5.88 Å². The van der Waals surface area contributed by atoms with Gasteiger partial charge in [0.15, 0.2) is 5.69 Å². The van der Waals surface area contributed by atoms with Crippen molar-refractivity contribution in [3.05, 3.63) is 39.8 Å². The van der Waals surface area contributed by atoms with Gasteiger partial charge >= 0.3 is 0 Å². The molecule has 0 saturated heterocycles. The summed E-state index contributed by atoms with van der Waals surface area (Å²) in [6, 6.07) is 3.68. The standard InChI is InChI=1S/C14H17BrN4O2/c1-8(2)21-14-10(5-4-6-16-14)7-17-13(20)12-11(15)9(3)18-19-12/h4-6,8H,7H2,1-3H3,(H,17,20)(H,18,19). The minimum Gasteiger partial charge on any atom is -0.475 e. The third-order valence-electron chi connectivity index (χ3n) is 2.72. The third kappa shape index (κ3) is 3.81. The maximum atomic E-state index is 12.1. The summed E-state index contributed by atoms with van der Waals surface area (Å²) in [4.78, 5) is 16.3. The number of aromatic nitrogens is 3. The molecular formula is C14H17BrN4O2. The highest BCUT2D eigenvalue weighted by atomic mass is 79.9. The number of hydrogen-bond donors (Lipinski definition) is 2. The normalized spacial score (nSPS) is 10.7. The van der Waals surface area contributed by atoms with E-state index in [0.717, 1.165) is 11.3 Å². The van der Waals surface area contributed by atoms with Crippen LogP contribution in [0, 0.1) is 6.92 Å². The molecule has 0 radical (unpaired) electrons. The summed E-state index contributed by atoms with van der Waals surface area (Å²) < 4.78 is 6.29. The number of carbonyl (C=O) groups excluding carboxylic acids is 1. The smallest absolute Gasteiger partial charge is 0.273 e. The molecule has 2 aromatic rings. The maximum Gasteiger partial charge on any atom is 0.273 e. The lowest BCUT2D eigenvalue weighted by Gasteiger charge is -2.13. The number of aromatic amines is 1. The Balaban J connectivity index is 2.06. The zero-order chi connectivity index (χ0) is 15.4. The Morgan fingerprint density at radius 1 is 1.52 bits per heavy atom. The number of aryl methyl sites for hydroxylation is 1. The molecule has 0 saturated carbocycles. The molecule has 1 amide bonds. The first-order valence-corrected chi connectivity index (χ1v) is 7.37. The molecule has 0 aromatic carbocycles. The summed E-state index contributed by atoms with van der Waals surface area (Å²) >= 11 is 3.33. The molecule has 2 N–H and O–H groups in total. The van der Waals surface area contributed by atoms with E-state index < -0.39 is 0 Å². The number of ether oxygens (including phenoxy) is 1. The number of hydrogen-bond acceptors (Lipinski definition) is 4. The van der Waals surface area contributed by atoms with Crippen molar-refractivity contribution in [2.45, 2.75) is 33.4 Å². The van der Waals surface area contributed by atoms with Crippen LogP contribution in [0.5, 0.6) is 5.88 Å². The largest absolute Gasteiger partial charge is 0.475 e. The van der Waals surface area contributed by atoms with Crippen molar-refractivity contribution < 1.29 is 9.53 Å². The molecule has 6 nitrogen and oxygen atoms in total. The number of halogens is 1. The van der Waals surface area contributed by atoms with Crippen molar-refractivity contribution in [2.75, 3.05) is 0 Å². The number of H-pyrrole nitrogens is 1. The van der Waals surface area contributed by atoms with E-state index >= 15 is 0 Å². The fraction of sp³-hybridized carbons (Fsp3) is 0.357. The van der Waals surface area contributed by atoms with Crippen molar-refractivity contribution in [1.82, 2.24) is 20.5 Å². The number of carbonyl (C=O) groups is 1. The zero-order valence-corrected chi connectivity index (χ0v) is 13.7. The minimum absolute atomic E-state index is 0.0254. The molecule has 0 fully saturated rings. The lowest BCUT2D eigenvalue weighted by Crippen LogP contribution is -2.24. The molecule has 7 heteroatoms. The average Bonchev–Trinajstić information content (AvgIpc) is 2.77. The van der Waals surface area contributed by atoms with Gasteiger partial charge in [-0.1, -0.05) is 6.07 Å². The Kier molecular flexibility index (Phi) is 4.95. The van der Waals surface area contributed by atoms with Crippen LogP contribution in [0.15, 0.2) is 22.8 Å². The van der Waals surface area contributed by atoms with Gasteiger partial charge in [0.2, 0.25) is 5.88 Å². The second-order valence-electron chi connectivity index (χ2n) is 4.83. The number of rotatable bonds is 5. The van der Waals surface area contributed by atoms with Crippen molar-refractivity contribution in [3.63, 3.8) is 0 Å². The van der Waals surface area contributed by atoms with E-state index in [4.69, 9.17) is 4.74 Å². The molecule has 0 spiro atoms. The van der Waals surface area contributed by atoms with E-state index in [1.165, 1.54) is 0 Å². The molecule has 2 heterocycles. The van der Waals surface area contributed by atoms with E-state index in [9.17, 15) is 4.79 Å². The molecule has 0 aliphatic carbocycles. The van der Waals surface area contributed by atoms with Crippen LogP contribution in [0.3, 0.4) is 0 Å². The molecule has 21 heavy (non-hydrogen) atoms. The van der Waals surface area contributed by atoms with Crippen LogP contribution in [0.4, 0.5) is 0 Å². The first-order chi connectivity index (χ1) is 9.99. The SMILES string of the molecule is Cc1[nH]nc(C(=O)NCc2cccnc2OC(C)C)c1Br. The molecule has 0 atom stereocenters. The van der Waals surface area contributed by atoms with Crippen LogP contribution >= 0.6 is 15.9 Å². The molecule has 0 bridgehead atoms. The number of amides is 1. The second kappa shape index (κ2) is 6.71. The predicted molar refractivity (Wildman–Crippen MR) is 82.2 cm³/mol. The van der Waals surface area contributed by atoms with Gasteiger partial charge in [0, 0.05) is 24.0 Å². The summed E-state index contributed by atoms with van der Waals surface area (Å²) in [6.45, 7) is 6.03. The van der Waals surface area contributed by atoms with Gasteiger partial charge in [-0.2, -0.15) is 5.10 Å². The van der Waals surface area contributed by atoms with Gasteiger partial charge in [-0.25, -0.2) is 4.98 Å². The van der Waals surface area contributed by atoms with Crippen LogP contribution in [-0.2, 0) is 6.54 Å². The Morgan fingerprint density at radius 2 is 2.29 bits per heavy atom. The average molecular weight is 353 g/mol. The third-order valence-corrected chi connectivity index (χ3v) is 3.69. The highest BCUT2D eigenvalue weighted by molar-refractivity contribution is 9.10. The van der Waals surface area contributed by atoms with E-state index in [-0.39, 0.29) is 12.0 Å². The first-order valence-electron chi connectivity index (χ1n) is 6.58. The summed E-state index contributed by atoms with van der Waals surface area (Å²) in [5.41, 5.74) is 1.97. The molecule has 112 valence electrons.